The number of nitrogens with zero attached hydrogens (tertiary/aromatic N) is 3. The number of thiophene rings is 1. The van der Waals surface area contributed by atoms with Crippen LogP contribution in [-0.4, -0.2) is 70.5 Å². The molecule has 2 amide bonds. The third-order valence-electron chi connectivity index (χ3n) is 5.00. The van der Waals surface area contributed by atoms with Gasteiger partial charge < -0.3 is 19.5 Å². The highest BCUT2D eigenvalue weighted by Gasteiger charge is 2.33. The number of hydrogen-bond acceptors (Lipinski definition) is 6. The van der Waals surface area contributed by atoms with Gasteiger partial charge in [-0.3, -0.25) is 14.4 Å². The summed E-state index contributed by atoms with van der Waals surface area (Å²) in [6, 6.07) is -0.310. The van der Waals surface area contributed by atoms with Crippen molar-refractivity contribution in [3.63, 3.8) is 0 Å². The molecule has 4 rings (SSSR count). The second kappa shape index (κ2) is 7.24. The fourth-order valence-electron chi connectivity index (χ4n) is 3.52. The van der Waals surface area contributed by atoms with E-state index in [0.717, 1.165) is 0 Å². The molecule has 1 fully saturated rings. The van der Waals surface area contributed by atoms with E-state index in [1.165, 1.54) is 17.7 Å². The van der Waals surface area contributed by atoms with Gasteiger partial charge in [0.1, 0.15) is 4.83 Å². The van der Waals surface area contributed by atoms with Crippen molar-refractivity contribution in [2.45, 2.75) is 19.4 Å². The minimum Gasteiger partial charge on any atom is -0.377 e. The largest absolute Gasteiger partial charge is 0.377 e. The molecule has 0 bridgehead atoms. The molecule has 9 heteroatoms. The molecule has 0 saturated carbocycles. The lowest BCUT2D eigenvalue weighted by atomic mass is 10.1. The number of aryl methyl sites for hydroxylation is 1. The molecule has 1 atom stereocenters. The predicted octanol–water partition coefficient (Wildman–Crippen LogP) is 0.923. The van der Waals surface area contributed by atoms with Crippen LogP contribution in [0.1, 0.15) is 21.7 Å². The Labute approximate surface area is 159 Å². The molecule has 1 N–H and O–H groups in total. The first-order valence-electron chi connectivity index (χ1n) is 8.84. The molecule has 142 valence electrons. The molecule has 0 radical (unpaired) electrons. The van der Waals surface area contributed by atoms with E-state index in [0.29, 0.717) is 53.5 Å². The van der Waals surface area contributed by atoms with Crippen LogP contribution in [0.15, 0.2) is 23.3 Å². The number of hydrogen-bond donors (Lipinski definition) is 1. The first-order valence-corrected chi connectivity index (χ1v) is 9.66. The normalized spacial score (nSPS) is 19.8. The number of rotatable bonds is 3. The third kappa shape index (κ3) is 3.28. The number of carbonyl (C=O) groups is 2. The van der Waals surface area contributed by atoms with Crippen molar-refractivity contribution in [1.82, 2.24) is 19.8 Å². The molecule has 2 aliphatic heterocycles. The van der Waals surface area contributed by atoms with Crippen molar-refractivity contribution in [3.8, 4) is 0 Å². The highest BCUT2D eigenvalue weighted by Crippen LogP contribution is 2.29. The van der Waals surface area contributed by atoms with Gasteiger partial charge in [-0.25, -0.2) is 4.98 Å². The molecule has 1 saturated heterocycles. The summed E-state index contributed by atoms with van der Waals surface area (Å²) in [4.78, 5) is 49.0. The van der Waals surface area contributed by atoms with Gasteiger partial charge >= 0.3 is 0 Å². The SMILES string of the molecule is Cc1c(C(=O)N2CCOCC2CC(=O)N2CC=CC2)sc2nc[nH]c(=O)c12. The van der Waals surface area contributed by atoms with Crippen LogP contribution in [0.4, 0.5) is 0 Å². The van der Waals surface area contributed by atoms with Crippen molar-refractivity contribution < 1.29 is 14.3 Å². The van der Waals surface area contributed by atoms with Gasteiger partial charge in [0.15, 0.2) is 0 Å². The Morgan fingerprint density at radius 1 is 1.37 bits per heavy atom. The molecule has 27 heavy (non-hydrogen) atoms. The van der Waals surface area contributed by atoms with Gasteiger partial charge in [0.25, 0.3) is 11.5 Å². The number of aromatic nitrogens is 2. The Kier molecular flexibility index (Phi) is 4.79. The van der Waals surface area contributed by atoms with Crippen LogP contribution in [0.3, 0.4) is 0 Å². The van der Waals surface area contributed by atoms with Gasteiger partial charge in [-0.1, -0.05) is 12.2 Å². The highest BCUT2D eigenvalue weighted by atomic mass is 32.1. The van der Waals surface area contributed by atoms with E-state index in [9.17, 15) is 14.4 Å². The highest BCUT2D eigenvalue weighted by molar-refractivity contribution is 7.20. The fourth-order valence-corrected chi connectivity index (χ4v) is 4.62. The standard InChI is InChI=1S/C18H20N4O4S/c1-11-14-16(24)19-10-20-17(14)27-15(11)18(25)22-6-7-26-9-12(22)8-13(23)21-4-2-3-5-21/h2-3,10,12H,4-9H2,1H3,(H,19,20,24). The van der Waals surface area contributed by atoms with Crippen molar-refractivity contribution in [2.75, 3.05) is 32.8 Å². The maximum Gasteiger partial charge on any atom is 0.264 e. The van der Waals surface area contributed by atoms with E-state index in [4.69, 9.17) is 4.74 Å². The quantitative estimate of drug-likeness (QED) is 0.789. The molecule has 0 spiro atoms. The van der Waals surface area contributed by atoms with E-state index >= 15 is 0 Å². The lowest BCUT2D eigenvalue weighted by molar-refractivity contribution is -0.132. The Hall–Kier alpha value is -2.52. The van der Waals surface area contributed by atoms with Crippen molar-refractivity contribution in [3.05, 3.63) is 39.3 Å². The predicted molar refractivity (Wildman–Crippen MR) is 101 cm³/mol. The minimum absolute atomic E-state index is 0.0134. The maximum atomic E-state index is 13.2. The minimum atomic E-state index is -0.310. The average molecular weight is 388 g/mol. The summed E-state index contributed by atoms with van der Waals surface area (Å²) in [5.74, 6) is -0.157. The Morgan fingerprint density at radius 3 is 2.89 bits per heavy atom. The Balaban J connectivity index is 1.59. The fraction of sp³-hybridized carbons (Fsp3) is 0.444. The van der Waals surface area contributed by atoms with Crippen molar-refractivity contribution in [1.29, 1.82) is 0 Å². The van der Waals surface area contributed by atoms with E-state index < -0.39 is 0 Å². The van der Waals surface area contributed by atoms with E-state index in [1.54, 1.807) is 16.7 Å². The molecular formula is C18H20N4O4S. The van der Waals surface area contributed by atoms with Crippen LogP contribution in [0.5, 0.6) is 0 Å². The van der Waals surface area contributed by atoms with Crippen LogP contribution >= 0.6 is 11.3 Å². The molecule has 8 nitrogen and oxygen atoms in total. The molecule has 4 heterocycles. The summed E-state index contributed by atoms with van der Waals surface area (Å²) in [6.45, 7) is 4.19. The van der Waals surface area contributed by atoms with Crippen molar-refractivity contribution in [2.24, 2.45) is 0 Å². The lowest BCUT2D eigenvalue weighted by Gasteiger charge is -2.36. The number of morpholine rings is 1. The van der Waals surface area contributed by atoms with Crippen LogP contribution in [0.2, 0.25) is 0 Å². The molecular weight excluding hydrogens is 368 g/mol. The maximum absolute atomic E-state index is 13.2. The molecule has 2 aliphatic rings. The van der Waals surface area contributed by atoms with Gasteiger partial charge in [0.05, 0.1) is 35.8 Å². The van der Waals surface area contributed by atoms with Gasteiger partial charge in [-0.15, -0.1) is 11.3 Å². The number of ether oxygens (including phenoxy) is 1. The summed E-state index contributed by atoms with van der Waals surface area (Å²) in [6.07, 6.45) is 5.50. The topological polar surface area (TPSA) is 95.6 Å². The third-order valence-corrected chi connectivity index (χ3v) is 6.18. The summed E-state index contributed by atoms with van der Waals surface area (Å²) >= 11 is 1.22. The van der Waals surface area contributed by atoms with Crippen LogP contribution in [-0.2, 0) is 9.53 Å². The zero-order chi connectivity index (χ0) is 19.0. The zero-order valence-corrected chi connectivity index (χ0v) is 15.8. The number of aromatic amines is 1. The van der Waals surface area contributed by atoms with Crippen LogP contribution in [0, 0.1) is 6.92 Å². The Morgan fingerprint density at radius 2 is 2.15 bits per heavy atom. The average Bonchev–Trinajstić information content (AvgIpc) is 3.31. The summed E-state index contributed by atoms with van der Waals surface area (Å²) in [5, 5.41) is 0.454. The second-order valence-corrected chi connectivity index (χ2v) is 7.67. The number of amides is 2. The monoisotopic (exact) mass is 388 g/mol. The number of carbonyl (C=O) groups excluding carboxylic acids is 2. The molecule has 2 aromatic heterocycles. The van der Waals surface area contributed by atoms with Gasteiger partial charge in [0.2, 0.25) is 5.91 Å². The summed E-state index contributed by atoms with van der Waals surface area (Å²) in [5.41, 5.74) is 0.387. The van der Waals surface area contributed by atoms with Crippen molar-refractivity contribution >= 4 is 33.4 Å². The molecule has 1 unspecified atom stereocenters. The molecule has 2 aromatic rings. The first kappa shape index (κ1) is 17.9. The van der Waals surface area contributed by atoms with Gasteiger partial charge in [0, 0.05) is 26.1 Å². The molecule has 0 aromatic carbocycles. The number of H-pyrrole nitrogens is 1. The zero-order valence-electron chi connectivity index (χ0n) is 14.9. The number of nitrogens with one attached hydrogen (secondary N) is 1. The summed E-state index contributed by atoms with van der Waals surface area (Å²) in [7, 11) is 0. The first-order chi connectivity index (χ1) is 13.1. The van der Waals surface area contributed by atoms with Gasteiger partial charge in [-0.05, 0) is 12.5 Å². The van der Waals surface area contributed by atoms with Crippen LogP contribution < -0.4 is 5.56 Å². The number of fused-ring (bicyclic) bond motifs is 1. The smallest absolute Gasteiger partial charge is 0.264 e. The second-order valence-electron chi connectivity index (χ2n) is 6.67. The lowest BCUT2D eigenvalue weighted by Crippen LogP contribution is -2.50. The molecule has 0 aliphatic carbocycles. The van der Waals surface area contributed by atoms with E-state index in [1.807, 2.05) is 12.2 Å². The summed E-state index contributed by atoms with van der Waals surface area (Å²) < 4.78 is 5.53. The van der Waals surface area contributed by atoms with E-state index in [2.05, 4.69) is 9.97 Å². The van der Waals surface area contributed by atoms with E-state index in [-0.39, 0.29) is 29.8 Å². The van der Waals surface area contributed by atoms with Gasteiger partial charge in [-0.2, -0.15) is 0 Å². The Bertz CT molecular complexity index is 971. The van der Waals surface area contributed by atoms with Crippen LogP contribution in [0.25, 0.3) is 10.2 Å².